The second-order valence-electron chi connectivity index (χ2n) is 6.86. The second-order valence-corrected chi connectivity index (χ2v) is 6.86. The average molecular weight is 289 g/mol. The third kappa shape index (κ3) is 3.83. The van der Waals surface area contributed by atoms with Gasteiger partial charge in [-0.1, -0.05) is 34.1 Å². The van der Waals surface area contributed by atoms with Crippen molar-refractivity contribution in [3.63, 3.8) is 0 Å². The molecule has 0 aliphatic carbocycles. The van der Waals surface area contributed by atoms with Gasteiger partial charge in [0.05, 0.1) is 0 Å². The van der Waals surface area contributed by atoms with Gasteiger partial charge in [-0.15, -0.1) is 0 Å². The zero-order chi connectivity index (χ0) is 15.4. The van der Waals surface area contributed by atoms with E-state index < -0.39 is 0 Å². The topological polar surface area (TPSA) is 28.2 Å². The molecule has 0 radical (unpaired) electrons. The zero-order valence-electron chi connectivity index (χ0n) is 14.2. The Morgan fingerprint density at radius 3 is 2.48 bits per heavy atom. The summed E-state index contributed by atoms with van der Waals surface area (Å²) in [6.07, 6.45) is 5.05. The van der Waals surface area contributed by atoms with Gasteiger partial charge in [0, 0.05) is 43.6 Å². The molecule has 0 bridgehead atoms. The molecule has 3 heteroatoms. The predicted octanol–water partition coefficient (Wildman–Crippen LogP) is 3.49. The van der Waals surface area contributed by atoms with Gasteiger partial charge in [0.1, 0.15) is 0 Å². The first-order valence-corrected chi connectivity index (χ1v) is 8.43. The number of nitrogens with one attached hydrogen (secondary N) is 1. The number of rotatable bonds is 5. The van der Waals surface area contributed by atoms with Crippen LogP contribution in [0.4, 0.5) is 0 Å². The van der Waals surface area contributed by atoms with Crippen molar-refractivity contribution in [3.8, 4) is 0 Å². The van der Waals surface area contributed by atoms with E-state index >= 15 is 0 Å². The highest BCUT2D eigenvalue weighted by atomic mass is 15.3. The summed E-state index contributed by atoms with van der Waals surface area (Å²) in [7, 11) is 0. The van der Waals surface area contributed by atoms with E-state index in [1.807, 2.05) is 12.4 Å². The van der Waals surface area contributed by atoms with Crippen molar-refractivity contribution < 1.29 is 0 Å². The summed E-state index contributed by atoms with van der Waals surface area (Å²) in [6.45, 7) is 13.9. The molecule has 118 valence electrons. The first-order chi connectivity index (χ1) is 10.0. The molecule has 4 atom stereocenters. The van der Waals surface area contributed by atoms with E-state index in [0.717, 1.165) is 19.0 Å². The fourth-order valence-corrected chi connectivity index (χ4v) is 3.38. The van der Waals surface area contributed by atoms with Crippen LogP contribution in [0.3, 0.4) is 0 Å². The highest BCUT2D eigenvalue weighted by molar-refractivity contribution is 5.15. The van der Waals surface area contributed by atoms with Crippen LogP contribution >= 0.6 is 0 Å². The van der Waals surface area contributed by atoms with Crippen LogP contribution in [0.1, 0.15) is 52.6 Å². The summed E-state index contributed by atoms with van der Waals surface area (Å²) >= 11 is 0. The van der Waals surface area contributed by atoms with Crippen LogP contribution in [-0.2, 0) is 0 Å². The Hall–Kier alpha value is -0.930. The third-order valence-electron chi connectivity index (χ3n) is 5.21. The Morgan fingerprint density at radius 2 is 1.90 bits per heavy atom. The van der Waals surface area contributed by atoms with Gasteiger partial charge in [0.2, 0.25) is 0 Å². The molecule has 1 aromatic rings. The molecule has 4 unspecified atom stereocenters. The predicted molar refractivity (Wildman–Crippen MR) is 89.2 cm³/mol. The molecule has 1 aliphatic rings. The Kier molecular flexibility index (Phi) is 5.77. The van der Waals surface area contributed by atoms with Gasteiger partial charge in [-0.05, 0) is 36.5 Å². The van der Waals surface area contributed by atoms with Gasteiger partial charge in [-0.2, -0.15) is 0 Å². The molecule has 1 aliphatic heterocycles. The van der Waals surface area contributed by atoms with Crippen molar-refractivity contribution in [3.05, 3.63) is 30.1 Å². The molecule has 3 nitrogen and oxygen atoms in total. The number of aromatic nitrogens is 1. The Morgan fingerprint density at radius 1 is 1.24 bits per heavy atom. The maximum absolute atomic E-state index is 4.15. The quantitative estimate of drug-likeness (QED) is 0.899. The van der Waals surface area contributed by atoms with Crippen molar-refractivity contribution in [2.45, 2.75) is 59.2 Å². The standard InChI is InChI=1S/C18H31N3/c1-6-14(4)17-12-21(18(11-20-17)13(2)3)15(5)16-7-9-19-10-8-16/h7-10,13-15,17-18,20H,6,11-12H2,1-5H3. The number of nitrogens with zero attached hydrogens (tertiary/aromatic N) is 2. The van der Waals surface area contributed by atoms with Crippen LogP contribution in [-0.4, -0.2) is 35.1 Å². The SMILES string of the molecule is CCC(C)C1CN(C(C)c2ccncc2)C(C(C)C)CN1. The maximum Gasteiger partial charge on any atom is 0.0325 e. The second kappa shape index (κ2) is 7.37. The molecule has 0 saturated carbocycles. The normalized spacial score (nSPS) is 26.8. The monoisotopic (exact) mass is 289 g/mol. The molecule has 2 heterocycles. The highest BCUT2D eigenvalue weighted by Gasteiger charge is 2.34. The first-order valence-electron chi connectivity index (χ1n) is 8.43. The van der Waals surface area contributed by atoms with Crippen molar-refractivity contribution in [2.75, 3.05) is 13.1 Å². The average Bonchev–Trinajstić information content (AvgIpc) is 2.53. The Labute approximate surface area is 130 Å². The lowest BCUT2D eigenvalue weighted by atomic mass is 9.90. The molecule has 21 heavy (non-hydrogen) atoms. The van der Waals surface area contributed by atoms with Crippen LogP contribution in [0.5, 0.6) is 0 Å². The van der Waals surface area contributed by atoms with Gasteiger partial charge in [0.15, 0.2) is 0 Å². The molecule has 0 spiro atoms. The minimum absolute atomic E-state index is 0.453. The van der Waals surface area contributed by atoms with E-state index in [1.54, 1.807) is 0 Å². The van der Waals surface area contributed by atoms with Gasteiger partial charge in [0.25, 0.3) is 0 Å². The Balaban J connectivity index is 2.17. The smallest absolute Gasteiger partial charge is 0.0325 e. The first kappa shape index (κ1) is 16.4. The summed E-state index contributed by atoms with van der Waals surface area (Å²) in [5.41, 5.74) is 1.38. The molecule has 0 aromatic carbocycles. The molecular weight excluding hydrogens is 258 g/mol. The van der Waals surface area contributed by atoms with Gasteiger partial charge >= 0.3 is 0 Å². The van der Waals surface area contributed by atoms with Gasteiger partial charge < -0.3 is 5.32 Å². The number of hydrogen-bond donors (Lipinski definition) is 1. The van der Waals surface area contributed by atoms with E-state index in [4.69, 9.17) is 0 Å². The van der Waals surface area contributed by atoms with Crippen molar-refractivity contribution in [2.24, 2.45) is 11.8 Å². The molecule has 0 amide bonds. The summed E-state index contributed by atoms with van der Waals surface area (Å²) < 4.78 is 0. The lowest BCUT2D eigenvalue weighted by Gasteiger charge is -2.47. The lowest BCUT2D eigenvalue weighted by Crippen LogP contribution is -2.60. The van der Waals surface area contributed by atoms with Crippen molar-refractivity contribution in [1.29, 1.82) is 0 Å². The van der Waals surface area contributed by atoms with Crippen LogP contribution in [0.2, 0.25) is 0 Å². The van der Waals surface area contributed by atoms with Crippen molar-refractivity contribution >= 4 is 0 Å². The van der Waals surface area contributed by atoms with Crippen LogP contribution < -0.4 is 5.32 Å². The minimum atomic E-state index is 0.453. The van der Waals surface area contributed by atoms with Gasteiger partial charge in [-0.3, -0.25) is 9.88 Å². The van der Waals surface area contributed by atoms with Gasteiger partial charge in [-0.25, -0.2) is 0 Å². The molecule has 1 saturated heterocycles. The fraction of sp³-hybridized carbons (Fsp3) is 0.722. The van der Waals surface area contributed by atoms with E-state index in [9.17, 15) is 0 Å². The van der Waals surface area contributed by atoms with E-state index in [2.05, 4.69) is 62.0 Å². The zero-order valence-corrected chi connectivity index (χ0v) is 14.2. The molecular formula is C18H31N3. The summed E-state index contributed by atoms with van der Waals surface area (Å²) in [4.78, 5) is 6.85. The fourth-order valence-electron chi connectivity index (χ4n) is 3.38. The Bertz CT molecular complexity index is 418. The number of hydrogen-bond acceptors (Lipinski definition) is 3. The van der Waals surface area contributed by atoms with E-state index in [0.29, 0.717) is 24.0 Å². The molecule has 1 fully saturated rings. The summed E-state index contributed by atoms with van der Waals surface area (Å²) in [5.74, 6) is 1.39. The highest BCUT2D eigenvalue weighted by Crippen LogP contribution is 2.29. The van der Waals surface area contributed by atoms with Crippen molar-refractivity contribution in [1.82, 2.24) is 15.2 Å². The number of pyridine rings is 1. The summed E-state index contributed by atoms with van der Waals surface area (Å²) in [5, 5.41) is 3.78. The lowest BCUT2D eigenvalue weighted by molar-refractivity contribution is 0.0488. The van der Waals surface area contributed by atoms with Crippen LogP contribution in [0.15, 0.2) is 24.5 Å². The minimum Gasteiger partial charge on any atom is -0.311 e. The molecule has 1 N–H and O–H groups in total. The molecule has 2 rings (SSSR count). The van der Waals surface area contributed by atoms with Crippen LogP contribution in [0, 0.1) is 11.8 Å². The van der Waals surface area contributed by atoms with E-state index in [1.165, 1.54) is 12.0 Å². The van der Waals surface area contributed by atoms with Crippen LogP contribution in [0.25, 0.3) is 0 Å². The number of piperazine rings is 1. The summed E-state index contributed by atoms with van der Waals surface area (Å²) in [6, 6.07) is 5.97. The third-order valence-corrected chi connectivity index (χ3v) is 5.21. The maximum atomic E-state index is 4.15. The largest absolute Gasteiger partial charge is 0.311 e. The van der Waals surface area contributed by atoms with E-state index in [-0.39, 0.29) is 0 Å². The molecule has 1 aromatic heterocycles.